The van der Waals surface area contributed by atoms with E-state index in [-0.39, 0.29) is 16.8 Å². The van der Waals surface area contributed by atoms with Gasteiger partial charge in [0.25, 0.3) is 0 Å². The smallest absolute Gasteiger partial charge is 0.149 e. The van der Waals surface area contributed by atoms with Gasteiger partial charge >= 0.3 is 0 Å². The Balaban J connectivity index is 3.35. The predicted octanol–water partition coefficient (Wildman–Crippen LogP) is 1.73. The summed E-state index contributed by atoms with van der Waals surface area (Å²) in [5, 5.41) is 9.31. The Morgan fingerprint density at radius 3 is 2.67 bits per heavy atom. The van der Waals surface area contributed by atoms with Crippen molar-refractivity contribution < 1.29 is 18.6 Å². The average Bonchev–Trinajstić information content (AvgIpc) is 2.23. The second-order valence-electron chi connectivity index (χ2n) is 2.85. The first kappa shape index (κ1) is 12.4. The minimum atomic E-state index is -1.37. The molecular weight excluding hydrogens is 272 g/mol. The number of hydrogen-bond acceptors (Lipinski definition) is 3. The summed E-state index contributed by atoms with van der Waals surface area (Å²) < 4.78 is 31.6. The summed E-state index contributed by atoms with van der Waals surface area (Å²) in [5.74, 6) is -1.76. The van der Waals surface area contributed by atoms with Gasteiger partial charge in [0.05, 0.1) is 23.2 Å². The van der Waals surface area contributed by atoms with Crippen LogP contribution in [0.3, 0.4) is 0 Å². The molecule has 0 aromatic heterocycles. The summed E-state index contributed by atoms with van der Waals surface area (Å²) in [6, 6.07) is 0.987. The van der Waals surface area contributed by atoms with Crippen LogP contribution in [-0.4, -0.2) is 18.8 Å². The van der Waals surface area contributed by atoms with Crippen LogP contribution in [0.15, 0.2) is 10.5 Å². The zero-order chi connectivity index (χ0) is 11.6. The zero-order valence-corrected chi connectivity index (χ0v) is 9.51. The first-order valence-electron chi connectivity index (χ1n) is 4.12. The van der Waals surface area contributed by atoms with Crippen LogP contribution in [0.4, 0.5) is 8.78 Å². The van der Waals surface area contributed by atoms with Gasteiger partial charge in [-0.1, -0.05) is 0 Å². The standard InChI is InChI=1S/C9H10BrF2NO2/c1-15-6-2-4(11)7(5(14)3-13)9(12)8(6)10/h2,5,14H,3,13H2,1H3. The number of benzene rings is 1. The van der Waals surface area contributed by atoms with Gasteiger partial charge in [-0.25, -0.2) is 8.78 Å². The van der Waals surface area contributed by atoms with Crippen molar-refractivity contribution in [3.05, 3.63) is 27.7 Å². The van der Waals surface area contributed by atoms with Crippen molar-refractivity contribution in [2.75, 3.05) is 13.7 Å². The van der Waals surface area contributed by atoms with Gasteiger partial charge in [-0.05, 0) is 15.9 Å². The van der Waals surface area contributed by atoms with Gasteiger partial charge in [0.2, 0.25) is 0 Å². The summed E-state index contributed by atoms with van der Waals surface area (Å²) in [6.45, 7) is -0.257. The molecule has 1 rings (SSSR count). The second kappa shape index (κ2) is 4.87. The molecule has 15 heavy (non-hydrogen) atoms. The van der Waals surface area contributed by atoms with E-state index in [1.807, 2.05) is 0 Å². The second-order valence-corrected chi connectivity index (χ2v) is 3.65. The van der Waals surface area contributed by atoms with E-state index in [0.717, 1.165) is 6.07 Å². The van der Waals surface area contributed by atoms with Crippen LogP contribution in [0.25, 0.3) is 0 Å². The molecule has 0 fully saturated rings. The summed E-state index contributed by atoms with van der Waals surface area (Å²) in [6.07, 6.45) is -1.37. The Morgan fingerprint density at radius 2 is 2.20 bits per heavy atom. The van der Waals surface area contributed by atoms with Crippen LogP contribution >= 0.6 is 15.9 Å². The first-order chi connectivity index (χ1) is 7.02. The molecule has 0 aliphatic rings. The van der Waals surface area contributed by atoms with E-state index in [1.165, 1.54) is 7.11 Å². The van der Waals surface area contributed by atoms with Crippen molar-refractivity contribution in [2.24, 2.45) is 5.73 Å². The highest BCUT2D eigenvalue weighted by Gasteiger charge is 2.22. The molecule has 0 amide bonds. The fourth-order valence-corrected chi connectivity index (χ4v) is 1.65. The van der Waals surface area contributed by atoms with Gasteiger partial charge in [0.15, 0.2) is 0 Å². The van der Waals surface area contributed by atoms with Crippen LogP contribution in [0, 0.1) is 11.6 Å². The van der Waals surface area contributed by atoms with Gasteiger partial charge in [0, 0.05) is 12.6 Å². The Morgan fingerprint density at radius 1 is 1.60 bits per heavy atom. The number of rotatable bonds is 3. The molecule has 0 heterocycles. The van der Waals surface area contributed by atoms with Crippen molar-refractivity contribution in [3.8, 4) is 5.75 Å². The minimum absolute atomic E-state index is 0.0259. The van der Waals surface area contributed by atoms with E-state index in [1.54, 1.807) is 0 Å². The molecule has 0 bridgehead atoms. The number of aliphatic hydroxyl groups excluding tert-OH is 1. The maximum atomic E-state index is 13.6. The summed E-state index contributed by atoms with van der Waals surface area (Å²) >= 11 is 2.90. The molecule has 0 radical (unpaired) electrons. The number of halogens is 3. The lowest BCUT2D eigenvalue weighted by Crippen LogP contribution is -2.15. The molecule has 84 valence electrons. The van der Waals surface area contributed by atoms with Crippen molar-refractivity contribution in [1.29, 1.82) is 0 Å². The van der Waals surface area contributed by atoms with E-state index in [2.05, 4.69) is 15.9 Å². The number of hydrogen-bond donors (Lipinski definition) is 2. The van der Waals surface area contributed by atoms with Crippen LogP contribution in [0.5, 0.6) is 5.75 Å². The summed E-state index contributed by atoms with van der Waals surface area (Å²) in [7, 11) is 1.29. The van der Waals surface area contributed by atoms with Crippen molar-refractivity contribution in [3.63, 3.8) is 0 Å². The van der Waals surface area contributed by atoms with E-state index in [0.29, 0.717) is 0 Å². The van der Waals surface area contributed by atoms with Crippen LogP contribution in [0.2, 0.25) is 0 Å². The molecule has 1 atom stereocenters. The number of aliphatic hydroxyl groups is 1. The Kier molecular flexibility index (Phi) is 4.01. The van der Waals surface area contributed by atoms with Crippen molar-refractivity contribution in [1.82, 2.24) is 0 Å². The lowest BCUT2D eigenvalue weighted by Gasteiger charge is -2.13. The third-order valence-electron chi connectivity index (χ3n) is 1.94. The SMILES string of the molecule is COc1cc(F)c(C(O)CN)c(F)c1Br. The van der Waals surface area contributed by atoms with Gasteiger partial charge in [0.1, 0.15) is 17.4 Å². The minimum Gasteiger partial charge on any atom is -0.495 e. The van der Waals surface area contributed by atoms with Crippen LogP contribution < -0.4 is 10.5 Å². The zero-order valence-electron chi connectivity index (χ0n) is 7.93. The van der Waals surface area contributed by atoms with Gasteiger partial charge in [-0.3, -0.25) is 0 Å². The summed E-state index contributed by atoms with van der Waals surface area (Å²) in [5.41, 5.74) is 4.68. The number of nitrogens with two attached hydrogens (primary N) is 1. The Hall–Kier alpha value is -0.720. The van der Waals surface area contributed by atoms with E-state index in [4.69, 9.17) is 10.5 Å². The lowest BCUT2D eigenvalue weighted by molar-refractivity contribution is 0.176. The maximum Gasteiger partial charge on any atom is 0.149 e. The first-order valence-corrected chi connectivity index (χ1v) is 4.91. The molecule has 1 aromatic carbocycles. The third-order valence-corrected chi connectivity index (χ3v) is 2.68. The molecular formula is C9H10BrF2NO2. The van der Waals surface area contributed by atoms with Gasteiger partial charge in [-0.15, -0.1) is 0 Å². The van der Waals surface area contributed by atoms with Crippen LogP contribution in [0.1, 0.15) is 11.7 Å². The van der Waals surface area contributed by atoms with Crippen LogP contribution in [-0.2, 0) is 0 Å². The highest BCUT2D eigenvalue weighted by atomic mass is 79.9. The fourth-order valence-electron chi connectivity index (χ4n) is 1.16. The van der Waals surface area contributed by atoms with Gasteiger partial charge in [-0.2, -0.15) is 0 Å². The molecule has 0 saturated carbocycles. The topological polar surface area (TPSA) is 55.5 Å². The van der Waals surface area contributed by atoms with E-state index < -0.39 is 23.3 Å². The molecule has 0 spiro atoms. The number of methoxy groups -OCH3 is 1. The molecule has 0 aliphatic carbocycles. The van der Waals surface area contributed by atoms with E-state index >= 15 is 0 Å². The lowest BCUT2D eigenvalue weighted by atomic mass is 10.1. The maximum absolute atomic E-state index is 13.6. The quantitative estimate of drug-likeness (QED) is 0.830. The largest absolute Gasteiger partial charge is 0.495 e. The molecule has 6 heteroatoms. The molecule has 1 aromatic rings. The van der Waals surface area contributed by atoms with Gasteiger partial charge < -0.3 is 15.6 Å². The normalized spacial score (nSPS) is 12.7. The molecule has 1 unspecified atom stereocenters. The van der Waals surface area contributed by atoms with E-state index in [9.17, 15) is 13.9 Å². The predicted molar refractivity (Wildman–Crippen MR) is 54.6 cm³/mol. The third kappa shape index (κ3) is 2.27. The highest BCUT2D eigenvalue weighted by Crippen LogP contribution is 2.34. The number of ether oxygens (including phenoxy) is 1. The Bertz CT molecular complexity index is 374. The molecule has 3 N–H and O–H groups in total. The Labute approximate surface area is 94.0 Å². The monoisotopic (exact) mass is 281 g/mol. The van der Waals surface area contributed by atoms with Crippen molar-refractivity contribution >= 4 is 15.9 Å². The molecule has 3 nitrogen and oxygen atoms in total. The highest BCUT2D eigenvalue weighted by molar-refractivity contribution is 9.10. The summed E-state index contributed by atoms with van der Waals surface area (Å²) in [4.78, 5) is 0. The average molecular weight is 282 g/mol. The van der Waals surface area contributed by atoms with Crippen molar-refractivity contribution in [2.45, 2.75) is 6.10 Å². The molecule has 0 aliphatic heterocycles. The molecule has 0 saturated heterocycles. The fraction of sp³-hybridized carbons (Fsp3) is 0.333.